The summed E-state index contributed by atoms with van der Waals surface area (Å²) >= 11 is 0. The lowest BCUT2D eigenvalue weighted by Crippen LogP contribution is -2.29. The van der Waals surface area contributed by atoms with E-state index in [1.807, 2.05) is 18.7 Å². The van der Waals surface area contributed by atoms with Crippen molar-refractivity contribution in [2.24, 2.45) is 0 Å². The van der Waals surface area contributed by atoms with E-state index >= 15 is 0 Å². The number of halogens is 3. The van der Waals surface area contributed by atoms with Gasteiger partial charge in [0.05, 0.1) is 5.56 Å². The van der Waals surface area contributed by atoms with Gasteiger partial charge in [0.1, 0.15) is 0 Å². The Morgan fingerprint density at radius 2 is 2.05 bits per heavy atom. The summed E-state index contributed by atoms with van der Waals surface area (Å²) in [6, 6.07) is 4.47. The highest BCUT2D eigenvalue weighted by Crippen LogP contribution is 2.46. The summed E-state index contributed by atoms with van der Waals surface area (Å²) in [6.45, 7) is 4.37. The van der Waals surface area contributed by atoms with E-state index in [0.717, 1.165) is 6.07 Å². The predicted octanol–water partition coefficient (Wildman–Crippen LogP) is 3.40. The molecule has 0 amide bonds. The fourth-order valence-corrected chi connectivity index (χ4v) is 2.79. The quantitative estimate of drug-likeness (QED) is 0.912. The molecule has 19 heavy (non-hydrogen) atoms. The molecule has 0 aromatic heterocycles. The minimum Gasteiger partial charge on any atom is -0.396 e. The molecule has 1 aromatic carbocycles. The van der Waals surface area contributed by atoms with Crippen molar-refractivity contribution in [2.45, 2.75) is 38.4 Å². The Labute approximate surface area is 110 Å². The smallest absolute Gasteiger partial charge is 0.396 e. The maximum absolute atomic E-state index is 13.1. The van der Waals surface area contributed by atoms with Crippen molar-refractivity contribution >= 4 is 5.69 Å². The Kier molecular flexibility index (Phi) is 3.76. The van der Waals surface area contributed by atoms with Gasteiger partial charge < -0.3 is 10.0 Å². The number of benzene rings is 1. The van der Waals surface area contributed by atoms with Gasteiger partial charge in [0.25, 0.3) is 0 Å². The average molecular weight is 273 g/mol. The lowest BCUT2D eigenvalue weighted by Gasteiger charge is -2.24. The normalized spacial score (nSPS) is 19.1. The van der Waals surface area contributed by atoms with Crippen LogP contribution in [0.4, 0.5) is 18.9 Å². The molecule has 1 atom stereocenters. The average Bonchev–Trinajstić information content (AvgIpc) is 2.67. The molecule has 0 aliphatic carbocycles. The Balaban J connectivity index is 2.53. The van der Waals surface area contributed by atoms with Crippen LogP contribution >= 0.6 is 0 Å². The first-order valence-electron chi connectivity index (χ1n) is 6.44. The number of anilines is 1. The SMILES string of the molecule is CC(C)N1CC(CCO)c2c1cccc2C(F)(F)F. The van der Waals surface area contributed by atoms with Crippen LogP contribution in [0.5, 0.6) is 0 Å². The van der Waals surface area contributed by atoms with Crippen LogP contribution in [0.2, 0.25) is 0 Å². The van der Waals surface area contributed by atoms with Gasteiger partial charge >= 0.3 is 6.18 Å². The molecule has 1 unspecified atom stereocenters. The third-order valence-electron chi connectivity index (χ3n) is 3.62. The molecule has 0 fully saturated rings. The first kappa shape index (κ1) is 14.2. The summed E-state index contributed by atoms with van der Waals surface area (Å²) in [5.41, 5.74) is 0.438. The first-order chi connectivity index (χ1) is 8.86. The molecule has 2 nitrogen and oxygen atoms in total. The minimum atomic E-state index is -4.34. The molecule has 2 rings (SSSR count). The number of aliphatic hydroxyl groups excluding tert-OH is 1. The van der Waals surface area contributed by atoms with E-state index in [4.69, 9.17) is 5.11 Å². The van der Waals surface area contributed by atoms with Crippen molar-refractivity contribution in [2.75, 3.05) is 18.1 Å². The van der Waals surface area contributed by atoms with Crippen LogP contribution in [0.3, 0.4) is 0 Å². The van der Waals surface area contributed by atoms with Gasteiger partial charge in [-0.05, 0) is 38.0 Å². The molecule has 1 N–H and O–H groups in total. The minimum absolute atomic E-state index is 0.0950. The standard InChI is InChI=1S/C14H18F3NO/c1-9(2)18-8-10(6-7-19)13-11(14(15,16)17)4-3-5-12(13)18/h3-5,9-10,19H,6-8H2,1-2H3. The Morgan fingerprint density at radius 1 is 1.37 bits per heavy atom. The zero-order valence-electron chi connectivity index (χ0n) is 11.0. The third kappa shape index (κ3) is 2.56. The van der Waals surface area contributed by atoms with Crippen molar-refractivity contribution in [3.8, 4) is 0 Å². The van der Waals surface area contributed by atoms with Gasteiger partial charge in [-0.15, -0.1) is 0 Å². The summed E-state index contributed by atoms with van der Waals surface area (Å²) in [5.74, 6) is -0.250. The number of nitrogens with zero attached hydrogens (tertiary/aromatic N) is 1. The molecule has 1 heterocycles. The molecule has 106 valence electrons. The second kappa shape index (κ2) is 5.04. The van der Waals surface area contributed by atoms with Gasteiger partial charge in [-0.2, -0.15) is 13.2 Å². The highest BCUT2D eigenvalue weighted by Gasteiger charge is 2.40. The lowest BCUT2D eigenvalue weighted by molar-refractivity contribution is -0.138. The van der Waals surface area contributed by atoms with Crippen LogP contribution in [0.1, 0.15) is 37.3 Å². The molecule has 0 bridgehead atoms. The van der Waals surface area contributed by atoms with E-state index in [1.54, 1.807) is 6.07 Å². The topological polar surface area (TPSA) is 23.5 Å². The molecule has 0 saturated heterocycles. The van der Waals surface area contributed by atoms with E-state index in [-0.39, 0.29) is 18.6 Å². The zero-order valence-corrected chi connectivity index (χ0v) is 11.0. The Morgan fingerprint density at radius 3 is 2.58 bits per heavy atom. The van der Waals surface area contributed by atoms with Crippen molar-refractivity contribution in [3.63, 3.8) is 0 Å². The van der Waals surface area contributed by atoms with Crippen LogP contribution in [-0.2, 0) is 6.18 Å². The van der Waals surface area contributed by atoms with Crippen molar-refractivity contribution in [1.82, 2.24) is 0 Å². The molecule has 1 aromatic rings. The van der Waals surface area contributed by atoms with E-state index in [1.165, 1.54) is 6.07 Å². The fraction of sp³-hybridized carbons (Fsp3) is 0.571. The van der Waals surface area contributed by atoms with E-state index in [0.29, 0.717) is 24.2 Å². The van der Waals surface area contributed by atoms with E-state index in [9.17, 15) is 13.2 Å². The Hall–Kier alpha value is -1.23. The van der Waals surface area contributed by atoms with Crippen LogP contribution < -0.4 is 4.90 Å². The summed E-state index contributed by atoms with van der Waals surface area (Å²) in [7, 11) is 0. The Bertz CT molecular complexity index is 456. The summed E-state index contributed by atoms with van der Waals surface area (Å²) in [6.07, 6.45) is -3.98. The van der Waals surface area contributed by atoms with Gasteiger partial charge in [0, 0.05) is 30.8 Å². The molecule has 0 radical (unpaired) electrons. The van der Waals surface area contributed by atoms with Crippen LogP contribution in [0.15, 0.2) is 18.2 Å². The van der Waals surface area contributed by atoms with Gasteiger partial charge in [0.15, 0.2) is 0 Å². The maximum atomic E-state index is 13.1. The van der Waals surface area contributed by atoms with E-state index < -0.39 is 11.7 Å². The first-order valence-corrected chi connectivity index (χ1v) is 6.44. The summed E-state index contributed by atoms with van der Waals surface area (Å²) in [4.78, 5) is 1.98. The number of fused-ring (bicyclic) bond motifs is 1. The molecule has 5 heteroatoms. The number of hydrogen-bond acceptors (Lipinski definition) is 2. The van der Waals surface area contributed by atoms with Gasteiger partial charge in [-0.1, -0.05) is 6.07 Å². The summed E-state index contributed by atoms with van der Waals surface area (Å²) in [5, 5.41) is 9.07. The van der Waals surface area contributed by atoms with Crippen LogP contribution in [-0.4, -0.2) is 24.3 Å². The van der Waals surface area contributed by atoms with Crippen molar-refractivity contribution in [3.05, 3.63) is 29.3 Å². The highest BCUT2D eigenvalue weighted by atomic mass is 19.4. The van der Waals surface area contributed by atoms with E-state index in [2.05, 4.69) is 0 Å². The number of hydrogen-bond donors (Lipinski definition) is 1. The van der Waals surface area contributed by atoms with Crippen molar-refractivity contribution in [1.29, 1.82) is 0 Å². The molecule has 0 saturated carbocycles. The second-order valence-electron chi connectivity index (χ2n) is 5.19. The van der Waals surface area contributed by atoms with Gasteiger partial charge in [-0.3, -0.25) is 0 Å². The number of alkyl halides is 3. The number of rotatable bonds is 3. The van der Waals surface area contributed by atoms with Crippen LogP contribution in [0, 0.1) is 0 Å². The molecule has 0 spiro atoms. The zero-order chi connectivity index (χ0) is 14.2. The van der Waals surface area contributed by atoms with Crippen molar-refractivity contribution < 1.29 is 18.3 Å². The number of aliphatic hydroxyl groups is 1. The molecular formula is C14H18F3NO. The van der Waals surface area contributed by atoms with Gasteiger partial charge in [0.2, 0.25) is 0 Å². The maximum Gasteiger partial charge on any atom is 0.416 e. The van der Waals surface area contributed by atoms with Crippen LogP contribution in [0.25, 0.3) is 0 Å². The third-order valence-corrected chi connectivity index (χ3v) is 3.62. The summed E-state index contributed by atoms with van der Waals surface area (Å²) < 4.78 is 39.3. The largest absolute Gasteiger partial charge is 0.416 e. The fourth-order valence-electron chi connectivity index (χ4n) is 2.79. The monoisotopic (exact) mass is 273 g/mol. The molecular weight excluding hydrogens is 255 g/mol. The lowest BCUT2D eigenvalue weighted by atomic mass is 9.93. The highest BCUT2D eigenvalue weighted by molar-refractivity contribution is 5.64. The van der Waals surface area contributed by atoms with Gasteiger partial charge in [-0.25, -0.2) is 0 Å². The molecule has 1 aliphatic rings. The second-order valence-corrected chi connectivity index (χ2v) is 5.19. The predicted molar refractivity (Wildman–Crippen MR) is 68.4 cm³/mol. The molecule has 1 aliphatic heterocycles.